The molecule has 0 radical (unpaired) electrons. The Morgan fingerprint density at radius 3 is 1.15 bits per heavy atom. The van der Waals surface area contributed by atoms with E-state index in [2.05, 4.69) is 0 Å². The van der Waals surface area contributed by atoms with Crippen molar-refractivity contribution in [2.45, 2.75) is 35.1 Å². The number of hydrogen-bond donors (Lipinski definition) is 0. The molecule has 0 aliphatic heterocycles. The van der Waals surface area contributed by atoms with Crippen molar-refractivity contribution in [2.24, 2.45) is 0 Å². The molecular weight excluding hydrogens is 286 g/mol. The van der Waals surface area contributed by atoms with Crippen LogP contribution in [-0.2, 0) is 4.12 Å². The Hall–Kier alpha value is 1.55. The van der Waals surface area contributed by atoms with E-state index in [9.17, 15) is 0 Å². The maximum Gasteiger partial charge on any atom is 0.208 e. The molecule has 0 heterocycles. The Morgan fingerprint density at radius 2 is 1.00 bits per heavy atom. The lowest BCUT2D eigenvalue weighted by Crippen LogP contribution is -2.52. The topological polar surface area (TPSA) is 9.23 Å². The van der Waals surface area contributed by atoms with E-state index in [0.29, 0.717) is 0 Å². The third-order valence-electron chi connectivity index (χ3n) is 1.58. The molecule has 0 unspecified atom stereocenters. The largest absolute Gasteiger partial charge is 0.452 e. The molecule has 0 saturated heterocycles. The van der Waals surface area contributed by atoms with Gasteiger partial charge in [-0.05, 0) is 26.2 Å². The number of halogens is 4. The summed E-state index contributed by atoms with van der Waals surface area (Å²) in [4.78, 5) is 0. The molecule has 0 aliphatic carbocycles. The quantitative estimate of drug-likeness (QED) is 0.561. The summed E-state index contributed by atoms with van der Waals surface area (Å²) in [5.74, 6) is 0. The number of hydrogen-bond acceptors (Lipinski definition) is 1. The van der Waals surface area contributed by atoms with Gasteiger partial charge in [-0.3, -0.25) is 0 Å². The van der Waals surface area contributed by atoms with Crippen LogP contribution in [0.25, 0.3) is 0 Å². The minimum absolute atomic E-state index is 0.452. The molecule has 0 saturated carbocycles. The maximum atomic E-state index is 5.90. The standard InChI is InChI=1S/C6H14Cl4OSi2/c1-12(2,5(7)8)11-13(3,4)6(9)10/h5-6H,1-4H3. The van der Waals surface area contributed by atoms with Gasteiger partial charge in [0.1, 0.15) is 8.92 Å². The van der Waals surface area contributed by atoms with Gasteiger partial charge in [-0.25, -0.2) is 0 Å². The first-order chi connectivity index (χ1) is 5.59. The highest BCUT2D eigenvalue weighted by atomic mass is 35.5. The molecule has 0 spiro atoms. The van der Waals surface area contributed by atoms with Crippen LogP contribution in [0, 0.1) is 0 Å². The van der Waals surface area contributed by atoms with Crippen LogP contribution in [0.3, 0.4) is 0 Å². The Bertz CT molecular complexity index is 154. The minimum atomic E-state index is -2.06. The van der Waals surface area contributed by atoms with Gasteiger partial charge in [-0.1, -0.05) is 0 Å². The van der Waals surface area contributed by atoms with E-state index in [1.165, 1.54) is 0 Å². The lowest BCUT2D eigenvalue weighted by Gasteiger charge is -2.35. The van der Waals surface area contributed by atoms with Gasteiger partial charge in [0.15, 0.2) is 0 Å². The van der Waals surface area contributed by atoms with E-state index in [0.717, 1.165) is 0 Å². The second-order valence-electron chi connectivity index (χ2n) is 3.91. The highest BCUT2D eigenvalue weighted by molar-refractivity contribution is 6.98. The van der Waals surface area contributed by atoms with E-state index < -0.39 is 25.6 Å². The molecule has 0 aromatic carbocycles. The van der Waals surface area contributed by atoms with Crippen molar-refractivity contribution in [3.8, 4) is 0 Å². The van der Waals surface area contributed by atoms with E-state index in [1.807, 2.05) is 26.2 Å². The van der Waals surface area contributed by atoms with Crippen LogP contribution in [0.4, 0.5) is 0 Å². The van der Waals surface area contributed by atoms with E-state index in [1.54, 1.807) is 0 Å². The van der Waals surface area contributed by atoms with Gasteiger partial charge in [0.2, 0.25) is 16.6 Å². The van der Waals surface area contributed by atoms with Crippen molar-refractivity contribution in [1.29, 1.82) is 0 Å². The molecule has 0 fully saturated rings. The van der Waals surface area contributed by atoms with Crippen molar-refractivity contribution in [3.63, 3.8) is 0 Å². The summed E-state index contributed by atoms with van der Waals surface area (Å²) in [5, 5.41) is 0. The van der Waals surface area contributed by atoms with Crippen LogP contribution < -0.4 is 0 Å². The monoisotopic (exact) mass is 298 g/mol. The van der Waals surface area contributed by atoms with Gasteiger partial charge in [0.05, 0.1) is 0 Å². The first-order valence-corrected chi connectivity index (χ1v) is 11.6. The first-order valence-electron chi connectivity index (χ1n) is 3.86. The Balaban J connectivity index is 4.42. The summed E-state index contributed by atoms with van der Waals surface area (Å²) in [6, 6.07) is 0. The molecule has 13 heavy (non-hydrogen) atoms. The third-order valence-corrected chi connectivity index (χ3v) is 14.2. The average Bonchev–Trinajstić information content (AvgIpc) is 1.83. The third kappa shape index (κ3) is 4.73. The Morgan fingerprint density at radius 1 is 0.769 bits per heavy atom. The van der Waals surface area contributed by atoms with Crippen molar-refractivity contribution < 1.29 is 4.12 Å². The molecule has 0 aliphatic rings. The summed E-state index contributed by atoms with van der Waals surface area (Å²) in [6.07, 6.45) is 0. The minimum Gasteiger partial charge on any atom is -0.452 e. The van der Waals surface area contributed by atoms with Crippen LogP contribution in [0.2, 0.25) is 26.2 Å². The molecule has 0 aromatic heterocycles. The van der Waals surface area contributed by atoms with Crippen molar-refractivity contribution in [2.75, 3.05) is 0 Å². The van der Waals surface area contributed by atoms with Crippen molar-refractivity contribution >= 4 is 63.0 Å². The van der Waals surface area contributed by atoms with Gasteiger partial charge in [-0.2, -0.15) is 0 Å². The van der Waals surface area contributed by atoms with Gasteiger partial charge >= 0.3 is 0 Å². The average molecular weight is 300 g/mol. The van der Waals surface area contributed by atoms with Gasteiger partial charge in [-0.15, -0.1) is 46.4 Å². The summed E-state index contributed by atoms with van der Waals surface area (Å²) >= 11 is 23.3. The van der Waals surface area contributed by atoms with Crippen molar-refractivity contribution in [1.82, 2.24) is 0 Å². The molecule has 0 aromatic rings. The fraction of sp³-hybridized carbons (Fsp3) is 1.00. The Kier molecular flexibility index (Phi) is 5.66. The summed E-state index contributed by atoms with van der Waals surface area (Å²) in [7, 11) is -4.11. The van der Waals surface area contributed by atoms with Crippen LogP contribution >= 0.6 is 46.4 Å². The Labute approximate surface area is 102 Å². The first kappa shape index (κ1) is 14.6. The number of alkyl halides is 4. The molecular formula is C6H14Cl4OSi2. The fourth-order valence-electron chi connectivity index (χ4n) is 0.767. The lowest BCUT2D eigenvalue weighted by molar-refractivity contribution is 0.549. The molecule has 7 heteroatoms. The maximum absolute atomic E-state index is 5.90. The van der Waals surface area contributed by atoms with Crippen LogP contribution in [0.5, 0.6) is 0 Å². The van der Waals surface area contributed by atoms with E-state index in [4.69, 9.17) is 50.5 Å². The van der Waals surface area contributed by atoms with Gasteiger partial charge in [0, 0.05) is 0 Å². The van der Waals surface area contributed by atoms with Crippen LogP contribution in [0.15, 0.2) is 0 Å². The molecule has 0 amide bonds. The van der Waals surface area contributed by atoms with Gasteiger partial charge in [0.25, 0.3) is 0 Å². The molecule has 0 rings (SSSR count). The normalized spacial score (nSPS) is 14.3. The lowest BCUT2D eigenvalue weighted by atomic mass is 11.8. The second kappa shape index (κ2) is 5.06. The molecule has 80 valence electrons. The molecule has 0 atom stereocenters. The SMILES string of the molecule is C[Si](C)(O[Si](C)(C)C(Cl)Cl)C(Cl)Cl. The summed E-state index contributed by atoms with van der Waals surface area (Å²) < 4.78 is 4.99. The zero-order chi connectivity index (χ0) is 10.9. The zero-order valence-electron chi connectivity index (χ0n) is 8.07. The zero-order valence-corrected chi connectivity index (χ0v) is 13.1. The van der Waals surface area contributed by atoms with Crippen LogP contribution in [-0.4, -0.2) is 25.6 Å². The fourth-order valence-corrected chi connectivity index (χ4v) is 8.51. The second-order valence-corrected chi connectivity index (χ2v) is 16.0. The molecule has 0 bridgehead atoms. The summed E-state index contributed by atoms with van der Waals surface area (Å²) in [5.41, 5.74) is 0. The van der Waals surface area contributed by atoms with Gasteiger partial charge < -0.3 is 4.12 Å². The van der Waals surface area contributed by atoms with Crippen LogP contribution in [0.1, 0.15) is 0 Å². The van der Waals surface area contributed by atoms with E-state index >= 15 is 0 Å². The van der Waals surface area contributed by atoms with E-state index in [-0.39, 0.29) is 0 Å². The summed E-state index contributed by atoms with van der Waals surface area (Å²) in [6.45, 7) is 7.84. The highest BCUT2D eigenvalue weighted by Crippen LogP contribution is 2.28. The molecule has 0 N–H and O–H groups in total. The smallest absolute Gasteiger partial charge is 0.208 e. The predicted molar refractivity (Wildman–Crippen MR) is 67.0 cm³/mol. The highest BCUT2D eigenvalue weighted by Gasteiger charge is 2.41. The number of rotatable bonds is 4. The predicted octanol–water partition coefficient (Wildman–Crippen LogP) is 4.10. The molecule has 1 nitrogen and oxygen atoms in total. The van der Waals surface area contributed by atoms with Crippen molar-refractivity contribution in [3.05, 3.63) is 0 Å².